The first-order chi connectivity index (χ1) is 18.0. The van der Waals surface area contributed by atoms with Crippen molar-refractivity contribution >= 4 is 40.8 Å². The molecule has 3 aliphatic rings. The molecular formula is C27H33ClN6O3. The zero-order valence-corrected chi connectivity index (χ0v) is 21.9. The molecule has 3 aliphatic heterocycles. The fraction of sp³-hybridized carbons (Fsp3) is 0.481. The summed E-state index contributed by atoms with van der Waals surface area (Å²) in [5, 5.41) is 7.89. The smallest absolute Gasteiger partial charge is 0.321 e. The number of nitrogens with one attached hydrogen (secondary N) is 1. The Labute approximate surface area is 222 Å². The molecule has 3 amide bonds. The maximum Gasteiger partial charge on any atom is 0.321 e. The van der Waals surface area contributed by atoms with Crippen molar-refractivity contribution in [2.45, 2.75) is 44.6 Å². The molecule has 0 bridgehead atoms. The van der Waals surface area contributed by atoms with Gasteiger partial charge in [0.05, 0.1) is 5.02 Å². The molecule has 1 aromatic heterocycles. The van der Waals surface area contributed by atoms with E-state index in [0.717, 1.165) is 29.9 Å². The summed E-state index contributed by atoms with van der Waals surface area (Å²) in [6.45, 7) is 5.71. The zero-order valence-electron chi connectivity index (χ0n) is 21.2. The molecule has 196 valence electrons. The number of hydrogen-bond donors (Lipinski definition) is 1. The average Bonchev–Trinajstić information content (AvgIpc) is 3.33. The molecule has 0 atom stereocenters. The van der Waals surface area contributed by atoms with E-state index in [0.29, 0.717) is 69.3 Å². The third-order valence-electron chi connectivity index (χ3n) is 7.43. The summed E-state index contributed by atoms with van der Waals surface area (Å²) in [7, 11) is 0. The van der Waals surface area contributed by atoms with Gasteiger partial charge in [-0.3, -0.25) is 4.79 Å². The largest absolute Gasteiger partial charge is 0.388 e. The van der Waals surface area contributed by atoms with Crippen LogP contribution >= 0.6 is 11.6 Å². The molecule has 5 rings (SSSR count). The number of para-hydroxylation sites is 1. The van der Waals surface area contributed by atoms with Crippen molar-refractivity contribution in [2.24, 2.45) is 5.16 Å². The second kappa shape index (κ2) is 11.0. The molecule has 4 heterocycles. The van der Waals surface area contributed by atoms with E-state index in [1.807, 2.05) is 40.1 Å². The molecule has 2 aromatic rings. The van der Waals surface area contributed by atoms with Crippen LogP contribution in [0.15, 0.2) is 47.8 Å². The molecule has 9 nitrogen and oxygen atoms in total. The number of halogens is 1. The first-order valence-corrected chi connectivity index (χ1v) is 13.4. The fourth-order valence-electron chi connectivity index (χ4n) is 5.26. The number of likely N-dealkylation sites (tertiary alicyclic amines) is 1. The first-order valence-electron chi connectivity index (χ1n) is 13.0. The second-order valence-corrected chi connectivity index (χ2v) is 10.3. The maximum atomic E-state index is 13.2. The third-order valence-corrected chi connectivity index (χ3v) is 7.73. The number of nitrogens with zero attached hydrogens (tertiary/aromatic N) is 5. The summed E-state index contributed by atoms with van der Waals surface area (Å²) < 4.78 is 0. The number of piperazine rings is 1. The summed E-state index contributed by atoms with van der Waals surface area (Å²) in [6.07, 6.45) is 5.43. The molecule has 1 spiro atoms. The number of carbonyl (C=O) groups is 2. The lowest BCUT2D eigenvalue weighted by Gasteiger charge is -2.37. The van der Waals surface area contributed by atoms with Gasteiger partial charge < -0.3 is 24.9 Å². The van der Waals surface area contributed by atoms with Crippen LogP contribution in [0.25, 0.3) is 0 Å². The highest BCUT2D eigenvalue weighted by Gasteiger charge is 2.45. The van der Waals surface area contributed by atoms with E-state index in [-0.39, 0.29) is 11.9 Å². The van der Waals surface area contributed by atoms with E-state index in [9.17, 15) is 9.59 Å². The molecule has 2 saturated heterocycles. The van der Waals surface area contributed by atoms with Crippen molar-refractivity contribution in [2.75, 3.05) is 49.5 Å². The van der Waals surface area contributed by atoms with Gasteiger partial charge in [0.25, 0.3) is 5.91 Å². The molecule has 2 fully saturated rings. The lowest BCUT2D eigenvalue weighted by Crippen LogP contribution is -2.52. The third kappa shape index (κ3) is 5.51. The van der Waals surface area contributed by atoms with Gasteiger partial charge in [-0.1, -0.05) is 48.3 Å². The van der Waals surface area contributed by atoms with Crippen molar-refractivity contribution in [1.29, 1.82) is 0 Å². The lowest BCUT2D eigenvalue weighted by molar-refractivity contribution is -0.124. The Balaban J connectivity index is 1.11. The number of urea groups is 1. The van der Waals surface area contributed by atoms with Crippen LogP contribution in [0.3, 0.4) is 0 Å². The number of hydrogen-bond acceptors (Lipinski definition) is 6. The number of anilines is 2. The summed E-state index contributed by atoms with van der Waals surface area (Å²) in [4.78, 5) is 42.1. The Kier molecular flexibility index (Phi) is 7.50. The van der Waals surface area contributed by atoms with Gasteiger partial charge in [0.15, 0.2) is 0 Å². The minimum Gasteiger partial charge on any atom is -0.388 e. The number of aromatic nitrogens is 1. The van der Waals surface area contributed by atoms with Crippen LogP contribution in [0.1, 0.15) is 38.2 Å². The monoisotopic (exact) mass is 524 g/mol. The highest BCUT2D eigenvalue weighted by Crippen LogP contribution is 2.35. The Morgan fingerprint density at radius 1 is 1.03 bits per heavy atom. The molecular weight excluding hydrogens is 492 g/mol. The fourth-order valence-corrected chi connectivity index (χ4v) is 5.50. The second-order valence-electron chi connectivity index (χ2n) is 9.90. The standard InChI is InChI=1S/C27H33ClN6O3/c1-2-6-20-7-3-4-9-22(20)30-26(36)34-13-10-27(11-14-34)19-23(31-37-27)25(35)33-17-15-32(16-18-33)24-21(28)8-5-12-29-24/h3-5,7-9,12H,2,6,10-11,13-19H2,1H3,(H,30,36). The van der Waals surface area contributed by atoms with Crippen molar-refractivity contribution in [3.63, 3.8) is 0 Å². The molecule has 1 aromatic carbocycles. The molecule has 0 saturated carbocycles. The highest BCUT2D eigenvalue weighted by atomic mass is 35.5. The van der Waals surface area contributed by atoms with Gasteiger partial charge in [0.2, 0.25) is 0 Å². The van der Waals surface area contributed by atoms with Crippen molar-refractivity contribution in [3.05, 3.63) is 53.2 Å². The van der Waals surface area contributed by atoms with Crippen molar-refractivity contribution in [1.82, 2.24) is 14.8 Å². The number of pyridine rings is 1. The number of rotatable bonds is 5. The Bertz CT molecular complexity index is 1170. The predicted octanol–water partition coefficient (Wildman–Crippen LogP) is 4.18. The molecule has 0 unspecified atom stereocenters. The van der Waals surface area contributed by atoms with E-state index in [1.165, 1.54) is 0 Å². The first kappa shape index (κ1) is 25.3. The van der Waals surface area contributed by atoms with Crippen LogP contribution in [-0.2, 0) is 16.1 Å². The SMILES string of the molecule is CCCc1ccccc1NC(=O)N1CCC2(CC1)CC(C(=O)N1CCN(c3ncccc3Cl)CC1)=NO2. The van der Waals surface area contributed by atoms with E-state index < -0.39 is 5.60 Å². The highest BCUT2D eigenvalue weighted by molar-refractivity contribution is 6.39. The van der Waals surface area contributed by atoms with E-state index in [2.05, 4.69) is 33.3 Å². The van der Waals surface area contributed by atoms with Gasteiger partial charge in [-0.15, -0.1) is 0 Å². The van der Waals surface area contributed by atoms with Crippen LogP contribution in [0.4, 0.5) is 16.3 Å². The van der Waals surface area contributed by atoms with E-state index >= 15 is 0 Å². The number of amides is 3. The van der Waals surface area contributed by atoms with Crippen LogP contribution in [-0.4, -0.2) is 77.3 Å². The van der Waals surface area contributed by atoms with Crippen molar-refractivity contribution in [3.8, 4) is 0 Å². The van der Waals surface area contributed by atoms with Crippen LogP contribution < -0.4 is 10.2 Å². The van der Waals surface area contributed by atoms with E-state index in [1.54, 1.807) is 6.20 Å². The lowest BCUT2D eigenvalue weighted by atomic mass is 9.86. The molecule has 10 heteroatoms. The normalized spacial score (nSPS) is 19.0. The number of aryl methyl sites for hydroxylation is 1. The van der Waals surface area contributed by atoms with Crippen LogP contribution in [0.5, 0.6) is 0 Å². The Hall–Kier alpha value is -3.33. The van der Waals surface area contributed by atoms with Crippen LogP contribution in [0, 0.1) is 0 Å². The summed E-state index contributed by atoms with van der Waals surface area (Å²) >= 11 is 6.28. The zero-order chi connectivity index (χ0) is 25.8. The van der Waals surface area contributed by atoms with E-state index in [4.69, 9.17) is 16.4 Å². The topological polar surface area (TPSA) is 90.4 Å². The Morgan fingerprint density at radius 2 is 1.78 bits per heavy atom. The van der Waals surface area contributed by atoms with Gasteiger partial charge in [0, 0.05) is 70.4 Å². The van der Waals surface area contributed by atoms with Gasteiger partial charge in [-0.2, -0.15) is 0 Å². The summed E-state index contributed by atoms with van der Waals surface area (Å²) in [5.41, 5.74) is 1.97. The summed E-state index contributed by atoms with van der Waals surface area (Å²) in [5.74, 6) is 0.678. The number of carbonyl (C=O) groups excluding carboxylic acids is 2. The van der Waals surface area contributed by atoms with Crippen LogP contribution in [0.2, 0.25) is 5.02 Å². The average molecular weight is 525 g/mol. The molecule has 0 aliphatic carbocycles. The van der Waals surface area contributed by atoms with Crippen molar-refractivity contribution < 1.29 is 14.4 Å². The van der Waals surface area contributed by atoms with Gasteiger partial charge >= 0.3 is 6.03 Å². The molecule has 1 N–H and O–H groups in total. The van der Waals surface area contributed by atoms with Gasteiger partial charge in [0.1, 0.15) is 17.1 Å². The number of oxime groups is 1. The number of piperidine rings is 1. The maximum absolute atomic E-state index is 13.2. The minimum absolute atomic E-state index is 0.0728. The molecule has 0 radical (unpaired) electrons. The Morgan fingerprint density at radius 3 is 2.51 bits per heavy atom. The molecule has 37 heavy (non-hydrogen) atoms. The summed E-state index contributed by atoms with van der Waals surface area (Å²) in [6, 6.07) is 11.5. The quantitative estimate of drug-likeness (QED) is 0.633. The van der Waals surface area contributed by atoms with Gasteiger partial charge in [-0.25, -0.2) is 9.78 Å². The minimum atomic E-state index is -0.509. The number of benzene rings is 1. The van der Waals surface area contributed by atoms with Gasteiger partial charge in [-0.05, 0) is 30.2 Å². The predicted molar refractivity (Wildman–Crippen MR) is 144 cm³/mol.